The van der Waals surface area contributed by atoms with Crippen molar-refractivity contribution in [3.63, 3.8) is 0 Å². The van der Waals surface area contributed by atoms with Gasteiger partial charge in [0, 0.05) is 0 Å². The van der Waals surface area contributed by atoms with E-state index in [1.54, 1.807) is 12.1 Å². The van der Waals surface area contributed by atoms with E-state index in [1.165, 1.54) is 18.9 Å². The summed E-state index contributed by atoms with van der Waals surface area (Å²) in [7, 11) is 0. The normalized spacial score (nSPS) is 16.8. The first kappa shape index (κ1) is 6.84. The molecule has 1 aromatic rings. The molecule has 0 nitrogen and oxygen atoms in total. The Labute approximate surface area is 66.1 Å². The lowest BCUT2D eigenvalue weighted by molar-refractivity contribution is 0.624. The monoisotopic (exact) mass is 150 g/mol. The highest BCUT2D eigenvalue weighted by Crippen LogP contribution is 2.32. The van der Waals surface area contributed by atoms with Gasteiger partial charge in [-0.2, -0.15) is 0 Å². The molecule has 0 N–H and O–H groups in total. The van der Waals surface area contributed by atoms with E-state index >= 15 is 0 Å². The summed E-state index contributed by atoms with van der Waals surface area (Å²) in [6.45, 7) is 0. The fourth-order valence-electron chi connectivity index (χ4n) is 1.32. The smallest absolute Gasteiger partial charge is 0.123 e. The average Bonchev–Trinajstić information content (AvgIpc) is 2.71. The lowest BCUT2D eigenvalue weighted by Gasteiger charge is -1.97. The quantitative estimate of drug-likeness (QED) is 0.608. The molecule has 0 saturated heterocycles. The highest BCUT2D eigenvalue weighted by Gasteiger charge is 2.21. The zero-order chi connectivity index (χ0) is 7.68. The van der Waals surface area contributed by atoms with E-state index in [9.17, 15) is 4.39 Å². The maximum atomic E-state index is 12.6. The van der Waals surface area contributed by atoms with E-state index in [1.807, 2.05) is 6.07 Å². The Hall–Kier alpha value is -0.850. The molecule has 1 saturated carbocycles. The molecule has 0 bridgehead atoms. The molecular formula is C10H11F. The molecule has 0 heterocycles. The van der Waals surface area contributed by atoms with Gasteiger partial charge in [-0.25, -0.2) is 4.39 Å². The lowest BCUT2D eigenvalue weighted by atomic mass is 10.1. The van der Waals surface area contributed by atoms with E-state index in [0.29, 0.717) is 0 Å². The molecule has 1 heteroatoms. The van der Waals surface area contributed by atoms with Gasteiger partial charge in [0.05, 0.1) is 0 Å². The van der Waals surface area contributed by atoms with Crippen molar-refractivity contribution in [2.45, 2.75) is 19.3 Å². The van der Waals surface area contributed by atoms with Crippen LogP contribution >= 0.6 is 0 Å². The standard InChI is InChI=1S/C10H11F/c11-10-3-1-2-9(7-10)6-8-4-5-8/h1-3,7-8H,4-6H2. The highest BCUT2D eigenvalue weighted by atomic mass is 19.1. The highest BCUT2D eigenvalue weighted by molar-refractivity contribution is 5.17. The van der Waals surface area contributed by atoms with Crippen LogP contribution in [0, 0.1) is 11.7 Å². The second kappa shape index (κ2) is 2.65. The Morgan fingerprint density at radius 1 is 1.36 bits per heavy atom. The third-order valence-corrected chi connectivity index (χ3v) is 2.11. The Morgan fingerprint density at radius 2 is 2.18 bits per heavy atom. The molecule has 0 aromatic heterocycles. The van der Waals surface area contributed by atoms with Crippen LogP contribution in [0.1, 0.15) is 18.4 Å². The minimum absolute atomic E-state index is 0.108. The van der Waals surface area contributed by atoms with Crippen molar-refractivity contribution in [3.05, 3.63) is 35.6 Å². The summed E-state index contributed by atoms with van der Waals surface area (Å²) in [5.74, 6) is 0.736. The van der Waals surface area contributed by atoms with Crippen molar-refractivity contribution >= 4 is 0 Å². The van der Waals surface area contributed by atoms with Gasteiger partial charge >= 0.3 is 0 Å². The van der Waals surface area contributed by atoms with Crippen LogP contribution in [0.2, 0.25) is 0 Å². The zero-order valence-corrected chi connectivity index (χ0v) is 6.39. The molecule has 0 amide bonds. The van der Waals surface area contributed by atoms with Crippen LogP contribution in [0.4, 0.5) is 4.39 Å². The van der Waals surface area contributed by atoms with Crippen LogP contribution in [0.25, 0.3) is 0 Å². The summed E-state index contributed by atoms with van der Waals surface area (Å²) in [4.78, 5) is 0. The third-order valence-electron chi connectivity index (χ3n) is 2.11. The van der Waals surface area contributed by atoms with Gasteiger partial charge in [0.2, 0.25) is 0 Å². The summed E-state index contributed by atoms with van der Waals surface area (Å²) in [6, 6.07) is 6.92. The first-order valence-electron chi connectivity index (χ1n) is 4.09. The van der Waals surface area contributed by atoms with Gasteiger partial charge in [-0.05, 0) is 42.9 Å². The molecule has 0 atom stereocenters. The summed E-state index contributed by atoms with van der Waals surface area (Å²) in [6.07, 6.45) is 3.73. The van der Waals surface area contributed by atoms with E-state index in [-0.39, 0.29) is 5.82 Å². The van der Waals surface area contributed by atoms with Crippen molar-refractivity contribution in [2.24, 2.45) is 5.92 Å². The van der Waals surface area contributed by atoms with Crippen LogP contribution in [0.3, 0.4) is 0 Å². The number of halogens is 1. The predicted molar refractivity (Wildman–Crippen MR) is 42.8 cm³/mol. The molecule has 1 aliphatic rings. The molecule has 1 fully saturated rings. The van der Waals surface area contributed by atoms with Gasteiger partial charge in [0.1, 0.15) is 5.82 Å². The lowest BCUT2D eigenvalue weighted by Crippen LogP contribution is -1.86. The molecule has 0 unspecified atom stereocenters. The first-order valence-corrected chi connectivity index (χ1v) is 4.09. The van der Waals surface area contributed by atoms with Crippen molar-refractivity contribution in [1.29, 1.82) is 0 Å². The number of hydrogen-bond donors (Lipinski definition) is 0. The summed E-state index contributed by atoms with van der Waals surface area (Å²) < 4.78 is 12.6. The zero-order valence-electron chi connectivity index (χ0n) is 6.39. The van der Waals surface area contributed by atoms with Crippen LogP contribution in [0.5, 0.6) is 0 Å². The summed E-state index contributed by atoms with van der Waals surface area (Å²) >= 11 is 0. The number of rotatable bonds is 2. The fraction of sp³-hybridized carbons (Fsp3) is 0.400. The van der Waals surface area contributed by atoms with E-state index in [2.05, 4.69) is 0 Å². The third kappa shape index (κ3) is 1.79. The molecule has 0 spiro atoms. The Balaban J connectivity index is 2.10. The van der Waals surface area contributed by atoms with Crippen LogP contribution in [0.15, 0.2) is 24.3 Å². The second-order valence-electron chi connectivity index (χ2n) is 3.28. The Bertz CT molecular complexity index is 251. The minimum atomic E-state index is -0.108. The van der Waals surface area contributed by atoms with Crippen LogP contribution in [-0.2, 0) is 6.42 Å². The fourth-order valence-corrected chi connectivity index (χ4v) is 1.32. The van der Waals surface area contributed by atoms with E-state index in [0.717, 1.165) is 17.9 Å². The van der Waals surface area contributed by atoms with Crippen LogP contribution in [-0.4, -0.2) is 0 Å². The molecule has 0 radical (unpaired) electrons. The van der Waals surface area contributed by atoms with Gasteiger partial charge in [0.25, 0.3) is 0 Å². The van der Waals surface area contributed by atoms with Gasteiger partial charge in [0.15, 0.2) is 0 Å². The van der Waals surface area contributed by atoms with Crippen molar-refractivity contribution < 1.29 is 4.39 Å². The van der Waals surface area contributed by atoms with Gasteiger partial charge in [-0.1, -0.05) is 12.1 Å². The van der Waals surface area contributed by atoms with E-state index in [4.69, 9.17) is 0 Å². The molecule has 11 heavy (non-hydrogen) atoms. The summed E-state index contributed by atoms with van der Waals surface area (Å²) in [5, 5.41) is 0. The molecule has 1 aliphatic carbocycles. The SMILES string of the molecule is Fc1cccc(CC2CC2)c1. The minimum Gasteiger partial charge on any atom is -0.207 e. The van der Waals surface area contributed by atoms with Gasteiger partial charge in [-0.15, -0.1) is 0 Å². The maximum absolute atomic E-state index is 12.6. The average molecular weight is 150 g/mol. The molecule has 2 rings (SSSR count). The molecule has 0 aliphatic heterocycles. The molecule has 58 valence electrons. The number of benzene rings is 1. The predicted octanol–water partition coefficient (Wildman–Crippen LogP) is 2.78. The molecule has 1 aromatic carbocycles. The Morgan fingerprint density at radius 3 is 2.82 bits per heavy atom. The molecular weight excluding hydrogens is 139 g/mol. The van der Waals surface area contributed by atoms with Crippen molar-refractivity contribution in [1.82, 2.24) is 0 Å². The Kier molecular flexibility index (Phi) is 1.65. The van der Waals surface area contributed by atoms with Crippen LogP contribution < -0.4 is 0 Å². The van der Waals surface area contributed by atoms with Gasteiger partial charge in [-0.3, -0.25) is 0 Å². The van der Waals surface area contributed by atoms with E-state index < -0.39 is 0 Å². The van der Waals surface area contributed by atoms with Crippen molar-refractivity contribution in [3.8, 4) is 0 Å². The van der Waals surface area contributed by atoms with Crippen molar-refractivity contribution in [2.75, 3.05) is 0 Å². The first-order chi connectivity index (χ1) is 5.34. The topological polar surface area (TPSA) is 0 Å². The largest absolute Gasteiger partial charge is 0.207 e. The number of hydrogen-bond acceptors (Lipinski definition) is 0. The maximum Gasteiger partial charge on any atom is 0.123 e. The summed E-state index contributed by atoms with van der Waals surface area (Å²) in [5.41, 5.74) is 1.15. The van der Waals surface area contributed by atoms with Gasteiger partial charge < -0.3 is 0 Å². The second-order valence-corrected chi connectivity index (χ2v) is 3.28.